The molecule has 3 aromatic rings. The molecular weight excluding hydrogens is 384 g/mol. The quantitative estimate of drug-likeness (QED) is 0.483. The first-order valence-corrected chi connectivity index (χ1v) is 10.7. The van der Waals surface area contributed by atoms with Crippen molar-refractivity contribution in [2.24, 2.45) is 0 Å². The standard InChI is InChI=1S/C27H32N2O2/c1-8-22(19-15-28-23-12-10-9-11-18(23)25(19)31)29-24-13-17(16-30)20(26(2,3)4)14-21(24)27(5,6)7/h8-16,29H,1-7H3,(H,28,31)/b22-8-. The van der Waals surface area contributed by atoms with Crippen molar-refractivity contribution in [2.45, 2.75) is 59.3 Å². The van der Waals surface area contributed by atoms with E-state index < -0.39 is 0 Å². The number of benzene rings is 2. The van der Waals surface area contributed by atoms with Crippen molar-refractivity contribution in [3.8, 4) is 0 Å². The Morgan fingerprint density at radius 2 is 1.61 bits per heavy atom. The normalized spacial score (nSPS) is 12.8. The van der Waals surface area contributed by atoms with Crippen molar-refractivity contribution >= 4 is 28.6 Å². The van der Waals surface area contributed by atoms with Gasteiger partial charge in [-0.3, -0.25) is 9.59 Å². The molecule has 0 saturated heterocycles. The van der Waals surface area contributed by atoms with Gasteiger partial charge in [0.15, 0.2) is 5.43 Å². The summed E-state index contributed by atoms with van der Waals surface area (Å²) in [5, 5.41) is 4.11. The summed E-state index contributed by atoms with van der Waals surface area (Å²) in [4.78, 5) is 28.3. The number of aromatic nitrogens is 1. The van der Waals surface area contributed by atoms with E-state index in [1.54, 1.807) is 6.20 Å². The number of H-pyrrole nitrogens is 1. The zero-order valence-electron chi connectivity index (χ0n) is 19.5. The van der Waals surface area contributed by atoms with E-state index >= 15 is 0 Å². The van der Waals surface area contributed by atoms with Crippen LogP contribution in [0.15, 0.2) is 53.5 Å². The van der Waals surface area contributed by atoms with Gasteiger partial charge in [0.05, 0.1) is 5.56 Å². The van der Waals surface area contributed by atoms with Crippen molar-refractivity contribution in [3.05, 3.63) is 81.1 Å². The van der Waals surface area contributed by atoms with Gasteiger partial charge in [-0.15, -0.1) is 0 Å². The van der Waals surface area contributed by atoms with Crippen molar-refractivity contribution in [1.29, 1.82) is 0 Å². The number of aromatic amines is 1. The second-order valence-electron chi connectivity index (χ2n) is 10.0. The number of rotatable bonds is 4. The largest absolute Gasteiger partial charge is 0.360 e. The fraction of sp³-hybridized carbons (Fsp3) is 0.333. The Labute approximate surface area is 184 Å². The van der Waals surface area contributed by atoms with Crippen LogP contribution in [0.2, 0.25) is 0 Å². The van der Waals surface area contributed by atoms with Crippen molar-refractivity contribution in [1.82, 2.24) is 4.98 Å². The molecule has 0 fully saturated rings. The van der Waals surface area contributed by atoms with Crippen LogP contribution in [0.3, 0.4) is 0 Å². The van der Waals surface area contributed by atoms with Crippen LogP contribution in [0, 0.1) is 0 Å². The lowest BCUT2D eigenvalue weighted by atomic mass is 9.77. The summed E-state index contributed by atoms with van der Waals surface area (Å²) in [5.74, 6) is 0. The average Bonchev–Trinajstić information content (AvgIpc) is 2.70. The summed E-state index contributed by atoms with van der Waals surface area (Å²) < 4.78 is 0. The Bertz CT molecular complexity index is 1220. The van der Waals surface area contributed by atoms with Gasteiger partial charge in [0, 0.05) is 34.0 Å². The van der Waals surface area contributed by atoms with Crippen LogP contribution >= 0.6 is 0 Å². The third kappa shape index (κ3) is 4.48. The van der Waals surface area contributed by atoms with Crippen molar-refractivity contribution in [2.75, 3.05) is 5.32 Å². The van der Waals surface area contributed by atoms with E-state index in [0.717, 1.165) is 28.6 Å². The number of pyridine rings is 1. The molecule has 0 radical (unpaired) electrons. The summed E-state index contributed by atoms with van der Waals surface area (Å²) in [6.45, 7) is 14.7. The first-order valence-electron chi connectivity index (χ1n) is 10.7. The summed E-state index contributed by atoms with van der Waals surface area (Å²) in [5.41, 5.74) is 5.34. The number of fused-ring (bicyclic) bond motifs is 1. The van der Waals surface area contributed by atoms with Crippen molar-refractivity contribution in [3.63, 3.8) is 0 Å². The van der Waals surface area contributed by atoms with Gasteiger partial charge in [0.1, 0.15) is 6.29 Å². The minimum Gasteiger partial charge on any atom is -0.360 e. The third-order valence-electron chi connectivity index (χ3n) is 5.57. The molecule has 0 aliphatic heterocycles. The fourth-order valence-corrected chi connectivity index (χ4v) is 3.90. The Hall–Kier alpha value is -3.14. The molecule has 0 aliphatic carbocycles. The van der Waals surface area contributed by atoms with Gasteiger partial charge < -0.3 is 10.3 Å². The zero-order chi connectivity index (χ0) is 23.0. The highest BCUT2D eigenvalue weighted by molar-refractivity contribution is 5.88. The minimum absolute atomic E-state index is 0.0332. The highest BCUT2D eigenvalue weighted by atomic mass is 16.1. The Morgan fingerprint density at radius 3 is 2.19 bits per heavy atom. The van der Waals surface area contributed by atoms with Gasteiger partial charge in [0.2, 0.25) is 0 Å². The molecule has 162 valence electrons. The number of anilines is 1. The molecule has 0 saturated carbocycles. The number of hydrogen-bond donors (Lipinski definition) is 2. The molecule has 0 unspecified atom stereocenters. The third-order valence-corrected chi connectivity index (χ3v) is 5.57. The molecule has 1 heterocycles. The van der Waals surface area contributed by atoms with Crippen LogP contribution in [0.25, 0.3) is 16.6 Å². The SMILES string of the molecule is C/C=C(\Nc1cc(C=O)c(C(C)(C)C)cc1C(C)(C)C)c1c[nH]c2ccccc2c1=O. The van der Waals surface area contributed by atoms with E-state index in [2.05, 4.69) is 57.9 Å². The van der Waals surface area contributed by atoms with E-state index in [9.17, 15) is 9.59 Å². The lowest BCUT2D eigenvalue weighted by Gasteiger charge is -2.29. The lowest BCUT2D eigenvalue weighted by molar-refractivity contribution is 0.112. The fourth-order valence-electron chi connectivity index (χ4n) is 3.90. The smallest absolute Gasteiger partial charge is 0.198 e. The highest BCUT2D eigenvalue weighted by Gasteiger charge is 2.26. The second kappa shape index (κ2) is 8.18. The van der Waals surface area contributed by atoms with E-state index in [-0.39, 0.29) is 16.3 Å². The average molecular weight is 417 g/mol. The molecule has 2 aromatic carbocycles. The topological polar surface area (TPSA) is 62.0 Å². The number of aldehydes is 1. The van der Waals surface area contributed by atoms with Crippen LogP contribution in [-0.4, -0.2) is 11.3 Å². The summed E-state index contributed by atoms with van der Waals surface area (Å²) in [6, 6.07) is 11.5. The molecule has 1 aromatic heterocycles. The minimum atomic E-state index is -0.159. The van der Waals surface area contributed by atoms with Gasteiger partial charge in [-0.2, -0.15) is 0 Å². The zero-order valence-corrected chi connectivity index (χ0v) is 19.5. The Kier molecular flexibility index (Phi) is 5.95. The van der Waals surface area contributed by atoms with Gasteiger partial charge in [-0.1, -0.05) is 65.8 Å². The Balaban J connectivity index is 2.18. The Morgan fingerprint density at radius 1 is 0.968 bits per heavy atom. The van der Waals surface area contributed by atoms with E-state index in [1.165, 1.54) is 0 Å². The molecule has 3 rings (SSSR count). The van der Waals surface area contributed by atoms with Crippen LogP contribution in [0.5, 0.6) is 0 Å². The number of carbonyl (C=O) groups is 1. The maximum Gasteiger partial charge on any atom is 0.198 e. The monoisotopic (exact) mass is 416 g/mol. The predicted octanol–water partition coefficient (Wildman–Crippen LogP) is 6.41. The number of para-hydroxylation sites is 1. The van der Waals surface area contributed by atoms with E-state index in [1.807, 2.05) is 43.3 Å². The molecule has 0 aliphatic rings. The maximum absolute atomic E-state index is 13.2. The van der Waals surface area contributed by atoms with Crippen molar-refractivity contribution < 1.29 is 4.79 Å². The predicted molar refractivity (Wildman–Crippen MR) is 131 cm³/mol. The van der Waals surface area contributed by atoms with Crippen LogP contribution in [0.1, 0.15) is 75.5 Å². The molecule has 31 heavy (non-hydrogen) atoms. The van der Waals surface area contributed by atoms with Crippen LogP contribution < -0.4 is 10.7 Å². The van der Waals surface area contributed by atoms with Gasteiger partial charge >= 0.3 is 0 Å². The lowest BCUT2D eigenvalue weighted by Crippen LogP contribution is -2.21. The molecular formula is C27H32N2O2. The molecule has 4 heteroatoms. The first kappa shape index (κ1) is 22.5. The van der Waals surface area contributed by atoms with E-state index in [4.69, 9.17) is 0 Å². The first-order chi connectivity index (χ1) is 14.5. The van der Waals surface area contributed by atoms with Crippen LogP contribution in [-0.2, 0) is 10.8 Å². The molecule has 0 spiro atoms. The number of nitrogens with one attached hydrogen (secondary N) is 2. The van der Waals surface area contributed by atoms with Crippen LogP contribution in [0.4, 0.5) is 5.69 Å². The highest BCUT2D eigenvalue weighted by Crippen LogP contribution is 2.37. The molecule has 4 nitrogen and oxygen atoms in total. The maximum atomic E-state index is 13.2. The molecule has 0 bridgehead atoms. The van der Waals surface area contributed by atoms with Gasteiger partial charge in [-0.25, -0.2) is 0 Å². The van der Waals surface area contributed by atoms with Gasteiger partial charge in [0.25, 0.3) is 0 Å². The summed E-state index contributed by atoms with van der Waals surface area (Å²) >= 11 is 0. The van der Waals surface area contributed by atoms with Gasteiger partial charge in [-0.05, 0) is 47.1 Å². The van der Waals surface area contributed by atoms with E-state index in [0.29, 0.717) is 22.2 Å². The number of hydrogen-bond acceptors (Lipinski definition) is 3. The second-order valence-corrected chi connectivity index (χ2v) is 10.0. The molecule has 0 amide bonds. The number of allylic oxidation sites excluding steroid dienone is 1. The summed E-state index contributed by atoms with van der Waals surface area (Å²) in [7, 11) is 0. The molecule has 0 atom stereocenters. The number of carbonyl (C=O) groups excluding carboxylic acids is 1. The molecule has 2 N–H and O–H groups in total. The summed E-state index contributed by atoms with van der Waals surface area (Å²) in [6.07, 6.45) is 4.55.